The monoisotopic (exact) mass is 402 g/mol. The molecule has 1 fully saturated rings. The first kappa shape index (κ1) is 20.7. The van der Waals surface area contributed by atoms with Crippen LogP contribution in [0.5, 0.6) is 0 Å². The van der Waals surface area contributed by atoms with Crippen LogP contribution in [-0.4, -0.2) is 33.5 Å². The van der Waals surface area contributed by atoms with E-state index in [0.29, 0.717) is 24.3 Å². The van der Waals surface area contributed by atoms with Gasteiger partial charge in [-0.3, -0.25) is 4.79 Å². The number of nitrogens with zero attached hydrogens (tertiary/aromatic N) is 3. The Labute approximate surface area is 171 Å². The number of amides is 1. The van der Waals surface area contributed by atoms with Gasteiger partial charge >= 0.3 is 0 Å². The van der Waals surface area contributed by atoms with E-state index in [1.165, 1.54) is 12.5 Å². The predicted molar refractivity (Wildman–Crippen MR) is 112 cm³/mol. The van der Waals surface area contributed by atoms with Crippen molar-refractivity contribution in [2.75, 3.05) is 12.8 Å². The molecule has 0 saturated heterocycles. The fourth-order valence-corrected chi connectivity index (χ4v) is 3.78. The highest BCUT2D eigenvalue weighted by atomic mass is 32.2. The summed E-state index contributed by atoms with van der Waals surface area (Å²) in [4.78, 5) is 12.0. The minimum Gasteiger partial charge on any atom is -0.461 e. The van der Waals surface area contributed by atoms with E-state index in [1.54, 1.807) is 17.8 Å². The summed E-state index contributed by atoms with van der Waals surface area (Å²) in [5.41, 5.74) is 0. The molecule has 2 aromatic rings. The van der Waals surface area contributed by atoms with Crippen molar-refractivity contribution < 1.29 is 9.21 Å². The van der Waals surface area contributed by atoms with Gasteiger partial charge in [0.05, 0.1) is 0 Å². The molecule has 28 heavy (non-hydrogen) atoms. The van der Waals surface area contributed by atoms with Crippen molar-refractivity contribution in [2.24, 2.45) is 11.8 Å². The van der Waals surface area contributed by atoms with Crippen LogP contribution in [-0.2, 0) is 17.8 Å². The lowest BCUT2D eigenvalue weighted by atomic mass is 10.2. The van der Waals surface area contributed by atoms with E-state index < -0.39 is 0 Å². The van der Waals surface area contributed by atoms with Gasteiger partial charge in [0.25, 0.3) is 0 Å². The fraction of sp³-hybridized carbons (Fsp3) is 0.571. The van der Waals surface area contributed by atoms with Gasteiger partial charge in [0.1, 0.15) is 17.3 Å². The number of aryl methyl sites for hydroxylation is 1. The third-order valence-corrected chi connectivity index (χ3v) is 5.59. The normalized spacial score (nSPS) is 18.9. The number of rotatable bonds is 10. The molecule has 1 saturated carbocycles. The molecule has 152 valence electrons. The molecule has 2 aromatic heterocycles. The highest BCUT2D eigenvalue weighted by molar-refractivity contribution is 7.98. The van der Waals surface area contributed by atoms with Crippen LogP contribution in [0.4, 0.5) is 0 Å². The Hall–Kier alpha value is -2.02. The molecule has 6 nitrogen and oxygen atoms in total. The zero-order chi connectivity index (χ0) is 20.1. The van der Waals surface area contributed by atoms with Crippen LogP contribution in [0.25, 0.3) is 6.08 Å². The first-order valence-corrected chi connectivity index (χ1v) is 11.2. The maximum Gasteiger partial charge on any atom is 0.244 e. The zero-order valence-electron chi connectivity index (χ0n) is 17.1. The van der Waals surface area contributed by atoms with E-state index in [-0.39, 0.29) is 5.91 Å². The molecule has 3 rings (SSSR count). The predicted octanol–water partition coefficient (Wildman–Crippen LogP) is 4.13. The summed E-state index contributed by atoms with van der Waals surface area (Å²) in [5.74, 6) is 4.45. The van der Waals surface area contributed by atoms with Crippen molar-refractivity contribution in [1.29, 1.82) is 0 Å². The lowest BCUT2D eigenvalue weighted by Crippen LogP contribution is -2.23. The summed E-state index contributed by atoms with van der Waals surface area (Å²) in [6.07, 6.45) is 8.10. The summed E-state index contributed by atoms with van der Waals surface area (Å²) in [5, 5.41) is 12.4. The Bertz CT molecular complexity index is 824. The number of furan rings is 1. The largest absolute Gasteiger partial charge is 0.461 e. The van der Waals surface area contributed by atoms with Gasteiger partial charge in [0, 0.05) is 31.5 Å². The third-order valence-electron chi connectivity index (χ3n) is 4.92. The summed E-state index contributed by atoms with van der Waals surface area (Å²) >= 11 is 1.62. The number of carbonyl (C=O) groups excluding carboxylic acids is 1. The van der Waals surface area contributed by atoms with Crippen LogP contribution in [0.15, 0.2) is 27.8 Å². The van der Waals surface area contributed by atoms with E-state index in [0.717, 1.165) is 41.9 Å². The number of hydrogen-bond acceptors (Lipinski definition) is 5. The second-order valence-corrected chi connectivity index (χ2v) is 8.67. The lowest BCUT2D eigenvalue weighted by Gasteiger charge is -2.11. The second kappa shape index (κ2) is 9.45. The average molecular weight is 403 g/mol. The van der Waals surface area contributed by atoms with Crippen molar-refractivity contribution in [1.82, 2.24) is 20.1 Å². The Morgan fingerprint density at radius 3 is 2.89 bits per heavy atom. The van der Waals surface area contributed by atoms with Gasteiger partial charge in [-0.05, 0) is 49.1 Å². The SMILES string of the molecule is CSc1nnc(CCCNC(=O)/C=C/c2ccc(C3CC3C)o2)n1CC(C)C. The van der Waals surface area contributed by atoms with Crippen molar-refractivity contribution in [2.45, 2.75) is 57.7 Å². The van der Waals surface area contributed by atoms with Crippen LogP contribution < -0.4 is 5.32 Å². The van der Waals surface area contributed by atoms with Gasteiger partial charge in [0.2, 0.25) is 5.91 Å². The Balaban J connectivity index is 1.42. The average Bonchev–Trinajstić information content (AvgIpc) is 3.06. The summed E-state index contributed by atoms with van der Waals surface area (Å²) in [6.45, 7) is 8.12. The molecule has 0 aliphatic heterocycles. The molecule has 1 amide bonds. The molecule has 0 spiro atoms. The van der Waals surface area contributed by atoms with Gasteiger partial charge < -0.3 is 14.3 Å². The molecule has 1 N–H and O–H groups in total. The quantitative estimate of drug-likeness (QED) is 0.367. The van der Waals surface area contributed by atoms with Crippen LogP contribution in [0.3, 0.4) is 0 Å². The first-order valence-electron chi connectivity index (χ1n) is 9.99. The standard InChI is InChI=1S/C21H30N4O2S/c1-14(2)13-25-19(23-24-21(25)28-4)6-5-11-22-20(26)10-8-16-7-9-18(27-16)17-12-15(17)3/h7-10,14-15,17H,5-6,11-13H2,1-4H3,(H,22,26)/b10-8+. The summed E-state index contributed by atoms with van der Waals surface area (Å²) in [7, 11) is 0. The number of aromatic nitrogens is 3. The molecule has 2 atom stereocenters. The smallest absolute Gasteiger partial charge is 0.244 e. The van der Waals surface area contributed by atoms with E-state index >= 15 is 0 Å². The molecule has 0 aromatic carbocycles. The highest BCUT2D eigenvalue weighted by Gasteiger charge is 2.36. The van der Waals surface area contributed by atoms with Crippen molar-refractivity contribution in [3.8, 4) is 0 Å². The number of hydrogen-bond donors (Lipinski definition) is 1. The molecule has 2 heterocycles. The maximum atomic E-state index is 12.0. The van der Waals surface area contributed by atoms with Crippen LogP contribution >= 0.6 is 11.8 Å². The first-order chi connectivity index (χ1) is 13.5. The molecule has 7 heteroatoms. The highest BCUT2D eigenvalue weighted by Crippen LogP contribution is 2.47. The van der Waals surface area contributed by atoms with Crippen molar-refractivity contribution in [3.63, 3.8) is 0 Å². The fourth-order valence-electron chi connectivity index (χ4n) is 3.25. The number of nitrogens with one attached hydrogen (secondary N) is 1. The van der Waals surface area contributed by atoms with Gasteiger partial charge in [-0.1, -0.05) is 32.5 Å². The van der Waals surface area contributed by atoms with Crippen LogP contribution in [0.2, 0.25) is 0 Å². The van der Waals surface area contributed by atoms with Crippen molar-refractivity contribution >= 4 is 23.7 Å². The second-order valence-electron chi connectivity index (χ2n) is 7.89. The van der Waals surface area contributed by atoms with Gasteiger partial charge in [0.15, 0.2) is 5.16 Å². The minimum absolute atomic E-state index is 0.105. The summed E-state index contributed by atoms with van der Waals surface area (Å²) < 4.78 is 7.97. The lowest BCUT2D eigenvalue weighted by molar-refractivity contribution is -0.116. The number of carbonyl (C=O) groups is 1. The number of thioether (sulfide) groups is 1. The van der Waals surface area contributed by atoms with Crippen LogP contribution in [0.1, 0.15) is 56.9 Å². The van der Waals surface area contributed by atoms with E-state index in [1.807, 2.05) is 18.4 Å². The van der Waals surface area contributed by atoms with Gasteiger partial charge in [-0.15, -0.1) is 10.2 Å². The van der Waals surface area contributed by atoms with E-state index in [2.05, 4.69) is 40.9 Å². The summed E-state index contributed by atoms with van der Waals surface area (Å²) in [6, 6.07) is 3.94. The minimum atomic E-state index is -0.105. The maximum absolute atomic E-state index is 12.0. The Morgan fingerprint density at radius 2 is 2.21 bits per heavy atom. The molecular formula is C21H30N4O2S. The van der Waals surface area contributed by atoms with E-state index in [9.17, 15) is 4.79 Å². The topological polar surface area (TPSA) is 73.0 Å². The zero-order valence-corrected chi connectivity index (χ0v) is 18.0. The molecule has 0 bridgehead atoms. The molecule has 2 unspecified atom stereocenters. The molecule has 1 aliphatic carbocycles. The molecule has 1 aliphatic rings. The molecular weight excluding hydrogens is 372 g/mol. The Kier molecular flexibility index (Phi) is 6.99. The van der Waals surface area contributed by atoms with E-state index in [4.69, 9.17) is 4.42 Å². The van der Waals surface area contributed by atoms with Crippen LogP contribution in [0, 0.1) is 11.8 Å². The van der Waals surface area contributed by atoms with Crippen molar-refractivity contribution in [3.05, 3.63) is 35.6 Å². The van der Waals surface area contributed by atoms with Gasteiger partial charge in [-0.25, -0.2) is 0 Å². The van der Waals surface area contributed by atoms with Gasteiger partial charge in [-0.2, -0.15) is 0 Å². The third kappa shape index (κ3) is 5.50. The molecule has 0 radical (unpaired) electrons. The Morgan fingerprint density at radius 1 is 1.43 bits per heavy atom.